The summed E-state index contributed by atoms with van der Waals surface area (Å²) in [5.74, 6) is -0.480. The number of hydrogen-bond acceptors (Lipinski definition) is 6. The van der Waals surface area contributed by atoms with Crippen molar-refractivity contribution in [1.29, 1.82) is 5.41 Å². The van der Waals surface area contributed by atoms with Crippen molar-refractivity contribution in [1.82, 2.24) is 20.7 Å². The first-order valence-electron chi connectivity index (χ1n) is 13.2. The molecule has 2 unspecified atom stereocenters. The van der Waals surface area contributed by atoms with Gasteiger partial charge < -0.3 is 15.5 Å². The number of hydrogen-bond donors (Lipinski definition) is 5. The van der Waals surface area contributed by atoms with Crippen LogP contribution in [0.25, 0.3) is 0 Å². The molecule has 11 heteroatoms. The minimum atomic E-state index is -4.52. The van der Waals surface area contributed by atoms with Crippen molar-refractivity contribution in [3.05, 3.63) is 77.1 Å². The highest BCUT2D eigenvalue weighted by atomic mass is 19.4. The molecular formula is C29H38F3N5O3. The fourth-order valence-corrected chi connectivity index (χ4v) is 4.97. The van der Waals surface area contributed by atoms with Crippen LogP contribution in [0.15, 0.2) is 71.5 Å². The summed E-state index contributed by atoms with van der Waals surface area (Å²) in [5, 5.41) is 33.2. The topological polar surface area (TPSA) is 112 Å². The van der Waals surface area contributed by atoms with Gasteiger partial charge in [-0.15, -0.1) is 0 Å². The lowest BCUT2D eigenvalue weighted by Gasteiger charge is -2.32. The van der Waals surface area contributed by atoms with Gasteiger partial charge in [0, 0.05) is 24.2 Å². The van der Waals surface area contributed by atoms with Crippen LogP contribution in [0.5, 0.6) is 5.75 Å². The van der Waals surface area contributed by atoms with Crippen molar-refractivity contribution in [2.75, 3.05) is 13.2 Å². The monoisotopic (exact) mass is 561 g/mol. The molecule has 2 amide bonds. The third-order valence-corrected chi connectivity index (χ3v) is 7.04. The lowest BCUT2D eigenvalue weighted by Crippen LogP contribution is -2.50. The predicted molar refractivity (Wildman–Crippen MR) is 148 cm³/mol. The van der Waals surface area contributed by atoms with E-state index in [0.29, 0.717) is 19.3 Å². The molecule has 40 heavy (non-hydrogen) atoms. The van der Waals surface area contributed by atoms with Crippen molar-refractivity contribution < 1.29 is 28.2 Å². The van der Waals surface area contributed by atoms with Crippen LogP contribution in [-0.2, 0) is 0 Å². The number of rotatable bonds is 9. The summed E-state index contributed by atoms with van der Waals surface area (Å²) in [7, 11) is 0. The summed E-state index contributed by atoms with van der Waals surface area (Å²) < 4.78 is 39.1. The Kier molecular flexibility index (Phi) is 9.86. The number of alkyl halides is 3. The van der Waals surface area contributed by atoms with Crippen LogP contribution in [-0.4, -0.2) is 63.0 Å². The van der Waals surface area contributed by atoms with Gasteiger partial charge in [0.25, 0.3) is 0 Å². The average molecular weight is 562 g/mol. The predicted octanol–water partition coefficient (Wildman–Crippen LogP) is 5.49. The van der Waals surface area contributed by atoms with Crippen LogP contribution < -0.4 is 10.7 Å². The number of nitrogens with zero attached hydrogens (tertiary/aromatic N) is 2. The van der Waals surface area contributed by atoms with E-state index in [9.17, 15) is 28.2 Å². The molecular weight excluding hydrogens is 523 g/mol. The largest absolute Gasteiger partial charge is 0.508 e. The van der Waals surface area contributed by atoms with Crippen molar-refractivity contribution in [3.63, 3.8) is 0 Å². The molecule has 0 fully saturated rings. The molecule has 8 nitrogen and oxygen atoms in total. The third kappa shape index (κ3) is 7.98. The number of hydrazine groups is 1. The molecule has 1 heterocycles. The number of carbonyl (C=O) groups excluding carboxylic acids is 1. The van der Waals surface area contributed by atoms with Crippen LogP contribution in [0.3, 0.4) is 0 Å². The van der Waals surface area contributed by atoms with Gasteiger partial charge in [0.1, 0.15) is 18.3 Å². The van der Waals surface area contributed by atoms with E-state index in [4.69, 9.17) is 5.41 Å². The first kappa shape index (κ1) is 31.0. The average Bonchev–Trinajstić information content (AvgIpc) is 3.22. The lowest BCUT2D eigenvalue weighted by molar-refractivity contribution is -0.135. The SMILES string of the molecule is C=C/C=C(C)\C=C(/CC)C1NN(CNC(=O)N(CCC(F)(F)F)C(=N)c2ccc(O)cc2)C2=C1CC(C)(O)CC2. The Morgan fingerprint density at radius 1 is 1.35 bits per heavy atom. The minimum absolute atomic E-state index is 0.0554. The number of nitrogens with one attached hydrogen (secondary N) is 3. The number of aliphatic hydroxyl groups is 1. The molecule has 1 aliphatic carbocycles. The van der Waals surface area contributed by atoms with E-state index in [1.807, 2.05) is 19.9 Å². The molecule has 0 bridgehead atoms. The first-order chi connectivity index (χ1) is 18.7. The van der Waals surface area contributed by atoms with Gasteiger partial charge in [-0.3, -0.25) is 15.3 Å². The van der Waals surface area contributed by atoms with Crippen molar-refractivity contribution >= 4 is 11.9 Å². The standard InChI is InChI=1S/C29H38F3N5O3/c1-5-7-19(3)16-20(6-2)25-23-17-28(4,40)13-12-24(23)37(35-25)18-34-27(39)36(15-14-29(30,31)32)26(33)21-8-10-22(38)11-9-21/h5,7-11,16,25,33,35,38,40H,1,6,12-15,17-18H2,2-4H3,(H,34,39)/b19-7-,20-16+,33-26?. The Balaban J connectivity index is 1.83. The summed E-state index contributed by atoms with van der Waals surface area (Å²) in [5.41, 5.74) is 6.76. The highest BCUT2D eigenvalue weighted by Gasteiger charge is 2.40. The normalized spacial score (nSPS) is 21.8. The second kappa shape index (κ2) is 12.7. The molecule has 3 rings (SSSR count). The Bertz CT molecular complexity index is 1200. The van der Waals surface area contributed by atoms with E-state index in [0.717, 1.165) is 33.7 Å². The Morgan fingerprint density at radius 3 is 2.62 bits per heavy atom. The van der Waals surface area contributed by atoms with Gasteiger partial charge in [-0.05, 0) is 68.5 Å². The molecule has 0 radical (unpaired) electrons. The fourth-order valence-electron chi connectivity index (χ4n) is 4.97. The summed E-state index contributed by atoms with van der Waals surface area (Å²) in [6.07, 6.45) is 2.12. The lowest BCUT2D eigenvalue weighted by atomic mass is 9.80. The molecule has 0 spiro atoms. The van der Waals surface area contributed by atoms with Crippen LogP contribution in [0, 0.1) is 5.41 Å². The molecule has 0 aromatic heterocycles. The number of amides is 2. The molecule has 2 atom stereocenters. The van der Waals surface area contributed by atoms with Crippen molar-refractivity contribution in [2.24, 2.45) is 0 Å². The number of allylic oxidation sites excluding steroid dienone is 5. The van der Waals surface area contributed by atoms with Gasteiger partial charge in [-0.25, -0.2) is 10.2 Å². The van der Waals surface area contributed by atoms with E-state index in [-0.39, 0.29) is 24.0 Å². The molecule has 218 valence electrons. The number of carbonyl (C=O) groups is 1. The second-order valence-electron chi connectivity index (χ2n) is 10.4. The maximum atomic E-state index is 13.2. The van der Waals surface area contributed by atoms with Crippen molar-refractivity contribution in [3.8, 4) is 5.75 Å². The maximum Gasteiger partial charge on any atom is 0.390 e. The second-order valence-corrected chi connectivity index (χ2v) is 10.4. The molecule has 2 aliphatic rings. The number of phenols is 1. The van der Waals surface area contributed by atoms with E-state index < -0.39 is 36.6 Å². The van der Waals surface area contributed by atoms with Gasteiger partial charge in [-0.1, -0.05) is 37.3 Å². The quantitative estimate of drug-likeness (QED) is 0.156. The molecule has 0 saturated heterocycles. The summed E-state index contributed by atoms with van der Waals surface area (Å²) in [6, 6.07) is 4.26. The highest BCUT2D eigenvalue weighted by molar-refractivity contribution is 6.05. The maximum absolute atomic E-state index is 13.2. The minimum Gasteiger partial charge on any atom is -0.508 e. The van der Waals surface area contributed by atoms with Crippen molar-refractivity contribution in [2.45, 2.75) is 70.7 Å². The van der Waals surface area contributed by atoms with Crippen LogP contribution in [0.1, 0.15) is 58.4 Å². The van der Waals surface area contributed by atoms with E-state index in [1.165, 1.54) is 24.3 Å². The van der Waals surface area contributed by atoms with Crippen LogP contribution in [0.4, 0.5) is 18.0 Å². The van der Waals surface area contributed by atoms with E-state index >= 15 is 0 Å². The summed E-state index contributed by atoms with van der Waals surface area (Å²) in [4.78, 5) is 13.9. The number of halogens is 3. The molecule has 1 aromatic rings. The molecule has 5 N–H and O–H groups in total. The van der Waals surface area contributed by atoms with E-state index in [2.05, 4.69) is 23.4 Å². The fraction of sp³-hybridized carbons (Fsp3) is 0.448. The Morgan fingerprint density at radius 2 is 2.02 bits per heavy atom. The number of benzene rings is 1. The van der Waals surface area contributed by atoms with Gasteiger partial charge in [-0.2, -0.15) is 13.2 Å². The van der Waals surface area contributed by atoms with E-state index in [1.54, 1.807) is 18.0 Å². The number of urea groups is 1. The van der Waals surface area contributed by atoms with Crippen LogP contribution >= 0.6 is 0 Å². The van der Waals surface area contributed by atoms with Gasteiger partial charge >= 0.3 is 12.2 Å². The molecule has 1 aliphatic heterocycles. The highest BCUT2D eigenvalue weighted by Crippen LogP contribution is 2.40. The number of amidine groups is 1. The van der Waals surface area contributed by atoms with Crippen LogP contribution in [0.2, 0.25) is 0 Å². The summed E-state index contributed by atoms with van der Waals surface area (Å²) in [6.45, 7) is 8.75. The van der Waals surface area contributed by atoms with Gasteiger partial charge in [0.05, 0.1) is 18.1 Å². The van der Waals surface area contributed by atoms with Gasteiger partial charge in [0.15, 0.2) is 0 Å². The third-order valence-electron chi connectivity index (χ3n) is 7.04. The number of phenolic OH excluding ortho intramolecular Hbond substituents is 1. The Hall–Kier alpha value is -3.57. The van der Waals surface area contributed by atoms with Gasteiger partial charge in [0.2, 0.25) is 0 Å². The number of aromatic hydroxyl groups is 1. The zero-order valence-electron chi connectivity index (χ0n) is 23.1. The Labute approximate surface area is 233 Å². The smallest absolute Gasteiger partial charge is 0.390 e. The molecule has 0 saturated carbocycles. The zero-order chi connectivity index (χ0) is 29.7. The zero-order valence-corrected chi connectivity index (χ0v) is 23.1. The first-order valence-corrected chi connectivity index (χ1v) is 13.2. The molecule has 1 aromatic carbocycles. The summed E-state index contributed by atoms with van der Waals surface area (Å²) >= 11 is 0.